The predicted octanol–water partition coefficient (Wildman–Crippen LogP) is 3.21. The van der Waals surface area contributed by atoms with Crippen LogP contribution in [0.5, 0.6) is 0 Å². The van der Waals surface area contributed by atoms with Gasteiger partial charge in [-0.3, -0.25) is 4.79 Å². The summed E-state index contributed by atoms with van der Waals surface area (Å²) < 4.78 is 46.2. The molecule has 1 aliphatic heterocycles. The van der Waals surface area contributed by atoms with E-state index < -0.39 is 39.2 Å². The Labute approximate surface area is 181 Å². The van der Waals surface area contributed by atoms with E-state index in [-0.39, 0.29) is 5.56 Å². The van der Waals surface area contributed by atoms with E-state index in [1.807, 2.05) is 6.07 Å². The number of esters is 1. The van der Waals surface area contributed by atoms with Crippen molar-refractivity contribution in [1.82, 2.24) is 4.31 Å². The third kappa shape index (κ3) is 5.29. The van der Waals surface area contributed by atoms with Crippen molar-refractivity contribution in [1.29, 1.82) is 0 Å². The van der Waals surface area contributed by atoms with Crippen molar-refractivity contribution in [2.24, 2.45) is 0 Å². The number of hydrogen-bond acceptors (Lipinski definition) is 5. The van der Waals surface area contributed by atoms with E-state index in [9.17, 15) is 22.4 Å². The van der Waals surface area contributed by atoms with Crippen molar-refractivity contribution in [3.63, 3.8) is 0 Å². The Bertz CT molecular complexity index is 1040. The first-order valence-electron chi connectivity index (χ1n) is 10.2. The molecule has 0 aromatic heterocycles. The Hall–Kier alpha value is -2.78. The van der Waals surface area contributed by atoms with Crippen molar-refractivity contribution in [2.75, 3.05) is 31.1 Å². The number of piperidine rings is 1. The van der Waals surface area contributed by atoms with Gasteiger partial charge in [0.1, 0.15) is 10.7 Å². The number of carbonyl (C=O) groups excluding carboxylic acids is 2. The fraction of sp³-hybridized carbons (Fsp3) is 0.364. The summed E-state index contributed by atoms with van der Waals surface area (Å²) in [5, 5.41) is 0. The van der Waals surface area contributed by atoms with Crippen LogP contribution in [0.25, 0.3) is 0 Å². The van der Waals surface area contributed by atoms with Gasteiger partial charge in [-0.05, 0) is 50.1 Å². The normalized spacial score (nSPS) is 14.8. The molecule has 0 unspecified atom stereocenters. The van der Waals surface area contributed by atoms with Gasteiger partial charge in [-0.1, -0.05) is 24.6 Å². The Balaban J connectivity index is 1.72. The van der Waals surface area contributed by atoms with E-state index >= 15 is 0 Å². The molecule has 1 saturated heterocycles. The maximum Gasteiger partial charge on any atom is 0.338 e. The highest BCUT2D eigenvalue weighted by Crippen LogP contribution is 2.24. The Morgan fingerprint density at radius 1 is 1.06 bits per heavy atom. The van der Waals surface area contributed by atoms with Crippen molar-refractivity contribution in [3.05, 3.63) is 59.9 Å². The lowest BCUT2D eigenvalue weighted by molar-refractivity contribution is -0.121. The number of likely N-dealkylation sites (N-methyl/N-ethyl adjacent to an activating group) is 1. The minimum Gasteiger partial charge on any atom is -0.452 e. The molecular weight excluding hydrogens is 423 g/mol. The van der Waals surface area contributed by atoms with Gasteiger partial charge in [-0.25, -0.2) is 17.6 Å². The molecule has 0 spiro atoms. The number of anilines is 1. The largest absolute Gasteiger partial charge is 0.452 e. The molecular formula is C22H25FN2O5S. The van der Waals surface area contributed by atoms with Gasteiger partial charge in [-0.15, -0.1) is 0 Å². The maximum atomic E-state index is 14.3. The molecule has 3 rings (SSSR count). The van der Waals surface area contributed by atoms with Crippen LogP contribution in [0.4, 0.5) is 10.1 Å². The predicted molar refractivity (Wildman–Crippen MR) is 114 cm³/mol. The molecule has 31 heavy (non-hydrogen) atoms. The van der Waals surface area contributed by atoms with E-state index in [2.05, 4.69) is 0 Å². The maximum absolute atomic E-state index is 14.3. The fourth-order valence-corrected chi connectivity index (χ4v) is 5.08. The zero-order valence-corrected chi connectivity index (χ0v) is 18.1. The van der Waals surface area contributed by atoms with E-state index in [1.165, 1.54) is 9.21 Å². The molecule has 0 N–H and O–H groups in total. The van der Waals surface area contributed by atoms with E-state index in [0.717, 1.165) is 24.6 Å². The van der Waals surface area contributed by atoms with Crippen LogP contribution in [0.15, 0.2) is 53.4 Å². The van der Waals surface area contributed by atoms with Crippen molar-refractivity contribution >= 4 is 27.6 Å². The second-order valence-corrected chi connectivity index (χ2v) is 9.07. The average molecular weight is 449 g/mol. The molecule has 166 valence electrons. The summed E-state index contributed by atoms with van der Waals surface area (Å²) in [5.74, 6) is -2.25. The van der Waals surface area contributed by atoms with Crippen LogP contribution in [0.3, 0.4) is 0 Å². The number of amides is 1. The lowest BCUT2D eigenvalue weighted by Gasteiger charge is -2.26. The number of halogens is 1. The van der Waals surface area contributed by atoms with Crippen molar-refractivity contribution in [3.8, 4) is 0 Å². The topological polar surface area (TPSA) is 84.0 Å². The van der Waals surface area contributed by atoms with Crippen LogP contribution >= 0.6 is 0 Å². The van der Waals surface area contributed by atoms with Gasteiger partial charge < -0.3 is 9.64 Å². The van der Waals surface area contributed by atoms with Gasteiger partial charge >= 0.3 is 5.97 Å². The summed E-state index contributed by atoms with van der Waals surface area (Å²) in [6.45, 7) is 2.29. The van der Waals surface area contributed by atoms with Crippen molar-refractivity contribution in [2.45, 2.75) is 31.1 Å². The van der Waals surface area contributed by atoms with Crippen LogP contribution < -0.4 is 4.90 Å². The quantitative estimate of drug-likeness (QED) is 0.608. The third-order valence-corrected chi connectivity index (χ3v) is 7.03. The lowest BCUT2D eigenvalue weighted by atomic mass is 10.2. The van der Waals surface area contributed by atoms with E-state index in [0.29, 0.717) is 38.2 Å². The van der Waals surface area contributed by atoms with E-state index in [4.69, 9.17) is 4.74 Å². The van der Waals surface area contributed by atoms with Crippen molar-refractivity contribution < 1.29 is 27.1 Å². The monoisotopic (exact) mass is 448 g/mol. The third-order valence-electron chi connectivity index (χ3n) is 5.11. The summed E-state index contributed by atoms with van der Waals surface area (Å²) >= 11 is 0. The van der Waals surface area contributed by atoms with Crippen LogP contribution in [-0.4, -0.2) is 50.8 Å². The van der Waals surface area contributed by atoms with Gasteiger partial charge in [0.05, 0.1) is 5.56 Å². The number of benzene rings is 2. The number of ether oxygens (including phenoxy) is 1. The Morgan fingerprint density at radius 2 is 1.74 bits per heavy atom. The molecule has 0 atom stereocenters. The fourth-order valence-electron chi connectivity index (χ4n) is 3.47. The number of nitrogens with zero attached hydrogens (tertiary/aromatic N) is 2. The standard InChI is InChI=1S/C22H25FN2O5S/c1-2-25(18-9-5-3-6-10-18)21(26)16-30-22(27)17-11-12-19(23)20(15-17)31(28,29)24-13-7-4-8-14-24/h3,5-6,9-12,15H,2,4,7-8,13-14,16H2,1H3. The number of rotatable bonds is 7. The molecule has 1 heterocycles. The summed E-state index contributed by atoms with van der Waals surface area (Å²) in [7, 11) is -4.06. The summed E-state index contributed by atoms with van der Waals surface area (Å²) in [6, 6.07) is 12.0. The van der Waals surface area contributed by atoms with Gasteiger partial charge in [-0.2, -0.15) is 4.31 Å². The van der Waals surface area contributed by atoms with E-state index in [1.54, 1.807) is 31.2 Å². The molecule has 1 amide bonds. The lowest BCUT2D eigenvalue weighted by Crippen LogP contribution is -2.36. The van der Waals surface area contributed by atoms with Gasteiger partial charge in [0, 0.05) is 25.3 Å². The van der Waals surface area contributed by atoms with Crippen LogP contribution in [0.1, 0.15) is 36.5 Å². The molecule has 7 nitrogen and oxygen atoms in total. The SMILES string of the molecule is CCN(C(=O)COC(=O)c1ccc(F)c(S(=O)(=O)N2CCCCC2)c1)c1ccccc1. The first kappa shape index (κ1) is 22.9. The molecule has 0 bridgehead atoms. The highest BCUT2D eigenvalue weighted by atomic mass is 32.2. The van der Waals surface area contributed by atoms with Crippen LogP contribution in [0.2, 0.25) is 0 Å². The molecule has 1 fully saturated rings. The minimum atomic E-state index is -4.06. The summed E-state index contributed by atoms with van der Waals surface area (Å²) in [6.07, 6.45) is 2.34. The Kier molecular flexibility index (Phi) is 7.40. The highest BCUT2D eigenvalue weighted by molar-refractivity contribution is 7.89. The molecule has 2 aromatic carbocycles. The number of hydrogen-bond donors (Lipinski definition) is 0. The molecule has 0 aliphatic carbocycles. The van der Waals surface area contributed by atoms with Crippen LogP contribution in [0, 0.1) is 5.82 Å². The van der Waals surface area contributed by atoms with Crippen LogP contribution in [-0.2, 0) is 19.6 Å². The molecule has 1 aliphatic rings. The average Bonchev–Trinajstić information content (AvgIpc) is 2.79. The highest BCUT2D eigenvalue weighted by Gasteiger charge is 2.29. The zero-order valence-electron chi connectivity index (χ0n) is 17.3. The molecule has 2 aromatic rings. The minimum absolute atomic E-state index is 0.132. The number of sulfonamides is 1. The number of para-hydroxylation sites is 1. The van der Waals surface area contributed by atoms with Gasteiger partial charge in [0.15, 0.2) is 6.61 Å². The van der Waals surface area contributed by atoms with Gasteiger partial charge in [0.2, 0.25) is 10.0 Å². The molecule has 9 heteroatoms. The second kappa shape index (κ2) is 10.0. The smallest absolute Gasteiger partial charge is 0.338 e. The Morgan fingerprint density at radius 3 is 2.39 bits per heavy atom. The summed E-state index contributed by atoms with van der Waals surface area (Å²) in [4.78, 5) is 25.8. The van der Waals surface area contributed by atoms with Gasteiger partial charge in [0.25, 0.3) is 5.91 Å². The second-order valence-electron chi connectivity index (χ2n) is 7.16. The molecule has 0 radical (unpaired) electrons. The number of carbonyl (C=O) groups is 2. The first-order chi connectivity index (χ1) is 14.8. The zero-order chi connectivity index (χ0) is 22.4. The summed E-state index contributed by atoms with van der Waals surface area (Å²) in [5.41, 5.74) is 0.537. The molecule has 0 saturated carbocycles. The first-order valence-corrected chi connectivity index (χ1v) is 11.6.